The van der Waals surface area contributed by atoms with Gasteiger partial charge in [0.25, 0.3) is 0 Å². The van der Waals surface area contributed by atoms with E-state index in [1.807, 2.05) is 6.92 Å². The van der Waals surface area contributed by atoms with Crippen molar-refractivity contribution in [3.8, 4) is 0 Å². The van der Waals surface area contributed by atoms with E-state index >= 15 is 0 Å². The quantitative estimate of drug-likeness (QED) is 0.666. The van der Waals surface area contributed by atoms with Gasteiger partial charge in [-0.05, 0) is 6.92 Å². The van der Waals surface area contributed by atoms with E-state index in [-0.39, 0.29) is 23.9 Å². The molecule has 0 saturated carbocycles. The van der Waals surface area contributed by atoms with Crippen molar-refractivity contribution >= 4 is 5.91 Å². The second kappa shape index (κ2) is 7.68. The Kier molecular flexibility index (Phi) is 6.56. The summed E-state index contributed by atoms with van der Waals surface area (Å²) in [5.74, 6) is -0.220. The molecular formula is C12H24N2O4. The van der Waals surface area contributed by atoms with E-state index in [4.69, 9.17) is 19.9 Å². The van der Waals surface area contributed by atoms with Crippen molar-refractivity contribution in [1.82, 2.24) is 4.90 Å². The van der Waals surface area contributed by atoms with Crippen LogP contribution < -0.4 is 5.73 Å². The number of hydrogen-bond acceptors (Lipinski definition) is 5. The predicted octanol–water partition coefficient (Wildman–Crippen LogP) is -0.530. The summed E-state index contributed by atoms with van der Waals surface area (Å²) in [5, 5.41) is 0. The molecule has 1 amide bonds. The number of ether oxygens (including phenoxy) is 3. The van der Waals surface area contributed by atoms with Crippen molar-refractivity contribution in [1.29, 1.82) is 0 Å². The van der Waals surface area contributed by atoms with Gasteiger partial charge in [-0.2, -0.15) is 0 Å². The van der Waals surface area contributed by atoms with Crippen molar-refractivity contribution in [3.63, 3.8) is 0 Å². The summed E-state index contributed by atoms with van der Waals surface area (Å²) >= 11 is 0. The third kappa shape index (κ3) is 3.91. The number of nitrogens with two attached hydrogens (primary N) is 1. The fourth-order valence-electron chi connectivity index (χ4n) is 2.11. The van der Waals surface area contributed by atoms with Crippen molar-refractivity contribution in [3.05, 3.63) is 0 Å². The van der Waals surface area contributed by atoms with Crippen LogP contribution in [0.1, 0.15) is 6.92 Å². The van der Waals surface area contributed by atoms with Crippen molar-refractivity contribution < 1.29 is 19.0 Å². The Morgan fingerprint density at radius 3 is 2.67 bits per heavy atom. The Labute approximate surface area is 108 Å². The number of carbonyl (C=O) groups is 1. The van der Waals surface area contributed by atoms with Gasteiger partial charge >= 0.3 is 0 Å². The zero-order valence-corrected chi connectivity index (χ0v) is 11.4. The maximum absolute atomic E-state index is 12.4. The Morgan fingerprint density at radius 2 is 2.17 bits per heavy atom. The fraction of sp³-hybridized carbons (Fsp3) is 0.917. The second-order valence-electron chi connectivity index (χ2n) is 4.64. The molecule has 0 aliphatic carbocycles. The van der Waals surface area contributed by atoms with Gasteiger partial charge in [0.15, 0.2) is 0 Å². The van der Waals surface area contributed by atoms with Crippen molar-refractivity contribution in [2.75, 3.05) is 47.2 Å². The molecule has 0 aromatic carbocycles. The molecule has 0 radical (unpaired) electrons. The maximum Gasteiger partial charge on any atom is 0.230 e. The van der Waals surface area contributed by atoms with Gasteiger partial charge in [0, 0.05) is 26.8 Å². The van der Waals surface area contributed by atoms with Gasteiger partial charge in [-0.3, -0.25) is 4.79 Å². The lowest BCUT2D eigenvalue weighted by Crippen LogP contribution is -2.49. The van der Waals surface area contributed by atoms with Crippen LogP contribution in [-0.4, -0.2) is 70.1 Å². The minimum atomic E-state index is -0.249. The first-order valence-corrected chi connectivity index (χ1v) is 6.23. The summed E-state index contributed by atoms with van der Waals surface area (Å²) in [5.41, 5.74) is 5.89. The molecule has 3 atom stereocenters. The van der Waals surface area contributed by atoms with Crippen LogP contribution in [0.3, 0.4) is 0 Å². The van der Waals surface area contributed by atoms with Gasteiger partial charge in [0.2, 0.25) is 5.91 Å². The van der Waals surface area contributed by atoms with Crippen LogP contribution in [-0.2, 0) is 19.0 Å². The predicted molar refractivity (Wildman–Crippen MR) is 67.2 cm³/mol. The highest BCUT2D eigenvalue weighted by Crippen LogP contribution is 2.16. The van der Waals surface area contributed by atoms with Gasteiger partial charge < -0.3 is 24.8 Å². The first kappa shape index (κ1) is 15.4. The van der Waals surface area contributed by atoms with Crippen LogP contribution in [0.5, 0.6) is 0 Å². The van der Waals surface area contributed by atoms with Crippen LogP contribution >= 0.6 is 0 Å². The summed E-state index contributed by atoms with van der Waals surface area (Å²) in [4.78, 5) is 14.2. The summed E-state index contributed by atoms with van der Waals surface area (Å²) in [6, 6.07) is -0.206. The minimum absolute atomic E-state index is 0.00505. The third-order valence-electron chi connectivity index (χ3n) is 3.20. The Bertz CT molecular complexity index is 262. The average Bonchev–Trinajstić information content (AvgIpc) is 2.76. The minimum Gasteiger partial charge on any atom is -0.383 e. The van der Waals surface area contributed by atoms with Crippen LogP contribution in [0.15, 0.2) is 0 Å². The molecule has 3 unspecified atom stereocenters. The van der Waals surface area contributed by atoms with Crippen molar-refractivity contribution in [2.24, 2.45) is 11.7 Å². The number of carbonyl (C=O) groups excluding carboxylic acids is 1. The molecule has 1 saturated heterocycles. The largest absolute Gasteiger partial charge is 0.383 e. The number of amides is 1. The van der Waals surface area contributed by atoms with E-state index < -0.39 is 0 Å². The molecule has 0 spiro atoms. The zero-order valence-electron chi connectivity index (χ0n) is 11.4. The number of rotatable bonds is 7. The summed E-state index contributed by atoms with van der Waals surface area (Å²) in [6.07, 6.45) is 0. The SMILES string of the molecule is COCCN(C(=O)C1COCC1N)C(C)COC. The lowest BCUT2D eigenvalue weighted by Gasteiger charge is -2.31. The Morgan fingerprint density at radius 1 is 1.44 bits per heavy atom. The van der Waals surface area contributed by atoms with Gasteiger partial charge in [-0.25, -0.2) is 0 Å². The maximum atomic E-state index is 12.4. The van der Waals surface area contributed by atoms with E-state index in [9.17, 15) is 4.79 Å². The lowest BCUT2D eigenvalue weighted by atomic mass is 10.0. The summed E-state index contributed by atoms with van der Waals surface area (Å²) < 4.78 is 15.4. The molecule has 0 bridgehead atoms. The van der Waals surface area contributed by atoms with Gasteiger partial charge in [-0.15, -0.1) is 0 Å². The van der Waals surface area contributed by atoms with Crippen LogP contribution in [0.4, 0.5) is 0 Å². The number of nitrogens with zero attached hydrogens (tertiary/aromatic N) is 1. The molecule has 2 N–H and O–H groups in total. The van der Waals surface area contributed by atoms with Gasteiger partial charge in [0.05, 0.1) is 38.4 Å². The molecule has 0 aromatic heterocycles. The molecule has 6 nitrogen and oxygen atoms in total. The lowest BCUT2D eigenvalue weighted by molar-refractivity contribution is -0.139. The highest BCUT2D eigenvalue weighted by molar-refractivity contribution is 5.80. The molecule has 1 fully saturated rings. The molecule has 0 aromatic rings. The Balaban J connectivity index is 2.65. The van der Waals surface area contributed by atoms with Gasteiger partial charge in [0.1, 0.15) is 0 Å². The van der Waals surface area contributed by atoms with E-state index in [0.717, 1.165) is 0 Å². The molecule has 1 heterocycles. The number of methoxy groups -OCH3 is 2. The Hall–Kier alpha value is -0.690. The molecular weight excluding hydrogens is 236 g/mol. The zero-order chi connectivity index (χ0) is 13.5. The topological polar surface area (TPSA) is 74.0 Å². The van der Waals surface area contributed by atoms with Crippen LogP contribution in [0.25, 0.3) is 0 Å². The molecule has 106 valence electrons. The first-order chi connectivity index (χ1) is 8.61. The standard InChI is InChI=1S/C12H24N2O4/c1-9(6-17-3)14(4-5-16-2)12(15)10-7-18-8-11(10)13/h9-11H,4-8,13H2,1-3H3. The number of hydrogen-bond donors (Lipinski definition) is 1. The smallest absolute Gasteiger partial charge is 0.230 e. The molecule has 1 aliphatic heterocycles. The van der Waals surface area contributed by atoms with Gasteiger partial charge in [-0.1, -0.05) is 0 Å². The summed E-state index contributed by atoms with van der Waals surface area (Å²) in [7, 11) is 3.24. The highest BCUT2D eigenvalue weighted by Gasteiger charge is 2.35. The average molecular weight is 260 g/mol. The third-order valence-corrected chi connectivity index (χ3v) is 3.20. The molecule has 1 aliphatic rings. The fourth-order valence-corrected chi connectivity index (χ4v) is 2.11. The van der Waals surface area contributed by atoms with E-state index in [1.165, 1.54) is 0 Å². The van der Waals surface area contributed by atoms with Crippen LogP contribution in [0, 0.1) is 5.92 Å². The normalized spacial score (nSPS) is 25.1. The molecule has 18 heavy (non-hydrogen) atoms. The van der Waals surface area contributed by atoms with Crippen LogP contribution in [0.2, 0.25) is 0 Å². The monoisotopic (exact) mass is 260 g/mol. The molecule has 1 rings (SSSR count). The highest BCUT2D eigenvalue weighted by atomic mass is 16.5. The second-order valence-corrected chi connectivity index (χ2v) is 4.64. The van der Waals surface area contributed by atoms with E-state index in [0.29, 0.717) is 33.0 Å². The summed E-state index contributed by atoms with van der Waals surface area (Å²) in [6.45, 7) is 4.36. The van der Waals surface area contributed by atoms with Crippen molar-refractivity contribution in [2.45, 2.75) is 19.0 Å². The van der Waals surface area contributed by atoms with E-state index in [1.54, 1.807) is 19.1 Å². The molecule has 6 heteroatoms. The first-order valence-electron chi connectivity index (χ1n) is 6.23. The van der Waals surface area contributed by atoms with E-state index in [2.05, 4.69) is 0 Å².